The van der Waals surface area contributed by atoms with Crippen molar-refractivity contribution >= 4 is 5.69 Å². The van der Waals surface area contributed by atoms with Gasteiger partial charge in [0.05, 0.1) is 6.20 Å². The van der Waals surface area contributed by atoms with Gasteiger partial charge in [0, 0.05) is 11.3 Å². The minimum absolute atomic E-state index is 0.305. The van der Waals surface area contributed by atoms with Crippen LogP contribution >= 0.6 is 0 Å². The normalized spacial score (nSPS) is 10.7. The Morgan fingerprint density at radius 3 is 2.75 bits per heavy atom. The molecule has 0 aliphatic carbocycles. The standard InChI is InChI=1S/C14H11FN4O/c1-8-2-3-9(6-11(8)16)14-18-13(19-20-14)12-5-4-10(15)7-17-12/h2-7H,16H2,1H3. The molecule has 0 spiro atoms. The second-order valence-corrected chi connectivity index (χ2v) is 4.36. The molecule has 3 aromatic rings. The first-order valence-corrected chi connectivity index (χ1v) is 5.95. The number of benzene rings is 1. The quantitative estimate of drug-likeness (QED) is 0.724. The van der Waals surface area contributed by atoms with E-state index in [0.717, 1.165) is 17.3 Å². The maximum absolute atomic E-state index is 12.8. The molecule has 1 aromatic carbocycles. The molecule has 3 rings (SSSR count). The van der Waals surface area contributed by atoms with Crippen molar-refractivity contribution in [3.8, 4) is 23.0 Å². The van der Waals surface area contributed by atoms with Gasteiger partial charge in [-0.1, -0.05) is 11.2 Å². The van der Waals surface area contributed by atoms with Crippen LogP contribution in [0.5, 0.6) is 0 Å². The van der Waals surface area contributed by atoms with Gasteiger partial charge in [-0.2, -0.15) is 4.98 Å². The summed E-state index contributed by atoms with van der Waals surface area (Å²) in [6.07, 6.45) is 1.11. The van der Waals surface area contributed by atoms with Crippen LogP contribution in [-0.2, 0) is 0 Å². The third-order valence-corrected chi connectivity index (χ3v) is 2.91. The molecule has 5 nitrogen and oxygen atoms in total. The molecule has 0 amide bonds. The fourth-order valence-electron chi connectivity index (χ4n) is 1.73. The van der Waals surface area contributed by atoms with E-state index in [9.17, 15) is 4.39 Å². The maximum atomic E-state index is 12.8. The first kappa shape index (κ1) is 12.3. The van der Waals surface area contributed by atoms with Gasteiger partial charge in [-0.05, 0) is 36.8 Å². The number of nitrogen functional groups attached to an aromatic ring is 1. The second-order valence-electron chi connectivity index (χ2n) is 4.36. The number of pyridine rings is 1. The topological polar surface area (TPSA) is 77.8 Å². The molecule has 2 N–H and O–H groups in total. The minimum Gasteiger partial charge on any atom is -0.398 e. The van der Waals surface area contributed by atoms with Crippen LogP contribution in [0.2, 0.25) is 0 Å². The zero-order valence-electron chi connectivity index (χ0n) is 10.7. The van der Waals surface area contributed by atoms with E-state index in [2.05, 4.69) is 15.1 Å². The van der Waals surface area contributed by atoms with Crippen molar-refractivity contribution in [1.82, 2.24) is 15.1 Å². The second kappa shape index (κ2) is 4.73. The van der Waals surface area contributed by atoms with E-state index < -0.39 is 5.82 Å². The Kier molecular flexibility index (Phi) is 2.90. The largest absolute Gasteiger partial charge is 0.398 e. The fraction of sp³-hybridized carbons (Fsp3) is 0.0714. The smallest absolute Gasteiger partial charge is 0.258 e. The number of rotatable bonds is 2. The number of anilines is 1. The van der Waals surface area contributed by atoms with Crippen molar-refractivity contribution in [2.45, 2.75) is 6.92 Å². The zero-order valence-corrected chi connectivity index (χ0v) is 10.7. The van der Waals surface area contributed by atoms with Gasteiger partial charge >= 0.3 is 0 Å². The molecule has 0 bridgehead atoms. The lowest BCUT2D eigenvalue weighted by Gasteiger charge is -2.00. The molecule has 0 fully saturated rings. The number of hydrogen-bond acceptors (Lipinski definition) is 5. The van der Waals surface area contributed by atoms with Crippen LogP contribution in [-0.4, -0.2) is 15.1 Å². The van der Waals surface area contributed by atoms with E-state index in [-0.39, 0.29) is 0 Å². The molecule has 20 heavy (non-hydrogen) atoms. The van der Waals surface area contributed by atoms with Crippen LogP contribution in [0.3, 0.4) is 0 Å². The Hall–Kier alpha value is -2.76. The summed E-state index contributed by atoms with van der Waals surface area (Å²) in [5.74, 6) is 0.237. The Morgan fingerprint density at radius 2 is 2.05 bits per heavy atom. The lowest BCUT2D eigenvalue weighted by Crippen LogP contribution is -1.90. The van der Waals surface area contributed by atoms with Crippen LogP contribution in [0.1, 0.15) is 5.56 Å². The molecule has 100 valence electrons. The molecule has 2 heterocycles. The van der Waals surface area contributed by atoms with Gasteiger partial charge in [0.2, 0.25) is 5.82 Å². The molecule has 2 aromatic heterocycles. The fourth-order valence-corrected chi connectivity index (χ4v) is 1.73. The van der Waals surface area contributed by atoms with E-state index in [1.165, 1.54) is 12.1 Å². The van der Waals surface area contributed by atoms with Crippen molar-refractivity contribution in [3.63, 3.8) is 0 Å². The van der Waals surface area contributed by atoms with E-state index in [1.807, 2.05) is 19.1 Å². The van der Waals surface area contributed by atoms with Gasteiger partial charge in [0.15, 0.2) is 0 Å². The van der Waals surface area contributed by atoms with Gasteiger partial charge in [0.1, 0.15) is 11.5 Å². The molecule has 0 saturated carbocycles. The summed E-state index contributed by atoms with van der Waals surface area (Å²) in [7, 11) is 0. The van der Waals surface area contributed by atoms with E-state index >= 15 is 0 Å². The van der Waals surface area contributed by atoms with Gasteiger partial charge in [0.25, 0.3) is 5.89 Å². The lowest BCUT2D eigenvalue weighted by atomic mass is 10.1. The number of hydrogen-bond donors (Lipinski definition) is 1. The predicted octanol–water partition coefficient (Wildman–Crippen LogP) is 2.83. The highest BCUT2D eigenvalue weighted by molar-refractivity contribution is 5.63. The number of halogens is 1. The van der Waals surface area contributed by atoms with E-state index in [0.29, 0.717) is 23.1 Å². The van der Waals surface area contributed by atoms with Crippen LogP contribution in [0, 0.1) is 12.7 Å². The number of nitrogens with zero attached hydrogens (tertiary/aromatic N) is 3. The predicted molar refractivity (Wildman–Crippen MR) is 72.1 cm³/mol. The number of aryl methyl sites for hydroxylation is 1. The first-order chi connectivity index (χ1) is 9.63. The van der Waals surface area contributed by atoms with Gasteiger partial charge in [-0.3, -0.25) is 0 Å². The summed E-state index contributed by atoms with van der Waals surface area (Å²) in [5, 5.41) is 3.83. The van der Waals surface area contributed by atoms with Gasteiger partial charge in [-0.25, -0.2) is 9.37 Å². The summed E-state index contributed by atoms with van der Waals surface area (Å²) in [6, 6.07) is 8.28. The lowest BCUT2D eigenvalue weighted by molar-refractivity contribution is 0.432. The van der Waals surface area contributed by atoms with Crippen LogP contribution in [0.25, 0.3) is 23.0 Å². The number of nitrogens with two attached hydrogens (primary N) is 1. The monoisotopic (exact) mass is 270 g/mol. The Morgan fingerprint density at radius 1 is 1.20 bits per heavy atom. The van der Waals surface area contributed by atoms with Gasteiger partial charge < -0.3 is 10.3 Å². The third-order valence-electron chi connectivity index (χ3n) is 2.91. The zero-order chi connectivity index (χ0) is 14.1. The first-order valence-electron chi connectivity index (χ1n) is 5.95. The Labute approximate surface area is 114 Å². The number of aromatic nitrogens is 3. The molecular formula is C14H11FN4O. The maximum Gasteiger partial charge on any atom is 0.258 e. The summed E-state index contributed by atoms with van der Waals surface area (Å²) in [4.78, 5) is 8.14. The average Bonchev–Trinajstić information content (AvgIpc) is 2.92. The van der Waals surface area contributed by atoms with Crippen LogP contribution < -0.4 is 5.73 Å². The molecule has 0 saturated heterocycles. The average molecular weight is 270 g/mol. The molecule has 0 unspecified atom stereocenters. The van der Waals surface area contributed by atoms with E-state index in [4.69, 9.17) is 10.3 Å². The summed E-state index contributed by atoms with van der Waals surface area (Å²) < 4.78 is 18.0. The molecule has 0 aliphatic rings. The van der Waals surface area contributed by atoms with Crippen LogP contribution in [0.15, 0.2) is 41.1 Å². The third kappa shape index (κ3) is 2.23. The highest BCUT2D eigenvalue weighted by Gasteiger charge is 2.12. The van der Waals surface area contributed by atoms with Crippen molar-refractivity contribution in [1.29, 1.82) is 0 Å². The highest BCUT2D eigenvalue weighted by atomic mass is 19.1. The van der Waals surface area contributed by atoms with Crippen molar-refractivity contribution in [3.05, 3.63) is 47.9 Å². The summed E-state index contributed by atoms with van der Waals surface area (Å²) in [6.45, 7) is 1.92. The molecular weight excluding hydrogens is 259 g/mol. The Balaban J connectivity index is 1.97. The van der Waals surface area contributed by atoms with E-state index in [1.54, 1.807) is 6.07 Å². The minimum atomic E-state index is -0.413. The SMILES string of the molecule is Cc1ccc(-c2nc(-c3ccc(F)cn3)no2)cc1N. The summed E-state index contributed by atoms with van der Waals surface area (Å²) >= 11 is 0. The Bertz CT molecular complexity index is 752. The van der Waals surface area contributed by atoms with Crippen molar-refractivity contribution in [2.24, 2.45) is 0 Å². The van der Waals surface area contributed by atoms with Gasteiger partial charge in [-0.15, -0.1) is 0 Å². The molecule has 0 atom stereocenters. The molecule has 6 heteroatoms. The van der Waals surface area contributed by atoms with Crippen molar-refractivity contribution < 1.29 is 8.91 Å². The summed E-state index contributed by atoms with van der Waals surface area (Å²) in [5.41, 5.74) is 8.66. The van der Waals surface area contributed by atoms with Crippen molar-refractivity contribution in [2.75, 3.05) is 5.73 Å². The molecule has 0 aliphatic heterocycles. The molecule has 0 radical (unpaired) electrons. The van der Waals surface area contributed by atoms with Crippen LogP contribution in [0.4, 0.5) is 10.1 Å². The highest BCUT2D eigenvalue weighted by Crippen LogP contribution is 2.24.